The Morgan fingerprint density at radius 2 is 2.14 bits per heavy atom. The smallest absolute Gasteiger partial charge is 0.319 e. The molecule has 2 aromatic rings. The van der Waals surface area contributed by atoms with Gasteiger partial charge in [0.15, 0.2) is 0 Å². The van der Waals surface area contributed by atoms with Crippen LogP contribution >= 0.6 is 0 Å². The van der Waals surface area contributed by atoms with Crippen molar-refractivity contribution in [2.24, 2.45) is 0 Å². The first-order chi connectivity index (χ1) is 6.65. The first-order valence-corrected chi connectivity index (χ1v) is 4.02. The fraction of sp³-hybridized carbons (Fsp3) is 0.111. The molecule has 0 amide bonds. The molecular formula is C9H8FN3O. The van der Waals surface area contributed by atoms with Gasteiger partial charge in [0, 0.05) is 5.56 Å². The van der Waals surface area contributed by atoms with Crippen LogP contribution in [0.5, 0.6) is 0 Å². The first-order valence-electron chi connectivity index (χ1n) is 4.02. The lowest BCUT2D eigenvalue weighted by Gasteiger charge is -1.97. The number of anilines is 1. The van der Waals surface area contributed by atoms with Gasteiger partial charge in [0.1, 0.15) is 5.82 Å². The van der Waals surface area contributed by atoms with E-state index in [1.54, 1.807) is 13.0 Å². The lowest BCUT2D eigenvalue weighted by atomic mass is 10.1. The predicted octanol–water partition coefficient (Wildman–Crippen LogP) is 1.77. The number of nitrogens with two attached hydrogens (primary N) is 1. The van der Waals surface area contributed by atoms with E-state index < -0.39 is 0 Å². The largest absolute Gasteiger partial charge is 0.351 e. The average molecular weight is 193 g/mol. The summed E-state index contributed by atoms with van der Waals surface area (Å²) in [6.07, 6.45) is 0. The van der Waals surface area contributed by atoms with Gasteiger partial charge in [0.25, 0.3) is 0 Å². The third-order valence-corrected chi connectivity index (χ3v) is 1.74. The molecule has 1 aromatic carbocycles. The van der Waals surface area contributed by atoms with Crippen LogP contribution in [0.1, 0.15) is 5.56 Å². The summed E-state index contributed by atoms with van der Waals surface area (Å²) < 4.78 is 17.6. The zero-order valence-electron chi connectivity index (χ0n) is 7.49. The number of hydrogen-bond donors (Lipinski definition) is 1. The van der Waals surface area contributed by atoms with Gasteiger partial charge in [-0.15, -0.1) is 0 Å². The Hall–Kier alpha value is -1.91. The molecule has 2 N–H and O–H groups in total. The summed E-state index contributed by atoms with van der Waals surface area (Å²) in [5, 5.41) is 3.59. The molecule has 0 fully saturated rings. The van der Waals surface area contributed by atoms with Crippen molar-refractivity contribution in [3.05, 3.63) is 29.6 Å². The van der Waals surface area contributed by atoms with Crippen molar-refractivity contribution in [2.75, 3.05) is 5.73 Å². The van der Waals surface area contributed by atoms with E-state index in [4.69, 9.17) is 5.73 Å². The Morgan fingerprint density at radius 3 is 2.71 bits per heavy atom. The number of rotatable bonds is 1. The summed E-state index contributed by atoms with van der Waals surface area (Å²) >= 11 is 0. The number of nitrogen functional groups attached to an aromatic ring is 1. The molecule has 0 bridgehead atoms. The van der Waals surface area contributed by atoms with E-state index in [0.717, 1.165) is 5.56 Å². The van der Waals surface area contributed by atoms with Crippen molar-refractivity contribution in [1.29, 1.82) is 0 Å². The minimum atomic E-state index is -0.330. The molecule has 0 aliphatic carbocycles. The molecule has 0 spiro atoms. The highest BCUT2D eigenvalue weighted by atomic mass is 19.1. The molecule has 5 heteroatoms. The van der Waals surface area contributed by atoms with Gasteiger partial charge >= 0.3 is 6.01 Å². The molecule has 0 saturated heterocycles. The predicted molar refractivity (Wildman–Crippen MR) is 48.8 cm³/mol. The van der Waals surface area contributed by atoms with Crippen LogP contribution in [0.15, 0.2) is 22.7 Å². The van der Waals surface area contributed by atoms with Crippen molar-refractivity contribution in [3.63, 3.8) is 0 Å². The zero-order valence-corrected chi connectivity index (χ0v) is 7.49. The van der Waals surface area contributed by atoms with Crippen molar-refractivity contribution in [3.8, 4) is 11.4 Å². The van der Waals surface area contributed by atoms with Crippen molar-refractivity contribution < 1.29 is 8.91 Å². The Balaban J connectivity index is 2.51. The number of nitrogens with zero attached hydrogens (tertiary/aromatic N) is 2. The molecule has 0 aliphatic rings. The van der Waals surface area contributed by atoms with E-state index >= 15 is 0 Å². The van der Waals surface area contributed by atoms with Crippen molar-refractivity contribution in [1.82, 2.24) is 10.1 Å². The van der Waals surface area contributed by atoms with Crippen molar-refractivity contribution in [2.45, 2.75) is 6.92 Å². The van der Waals surface area contributed by atoms with E-state index in [2.05, 4.69) is 14.7 Å². The molecule has 0 atom stereocenters. The fourth-order valence-electron chi connectivity index (χ4n) is 1.22. The number of aromatic nitrogens is 2. The number of hydrogen-bond acceptors (Lipinski definition) is 4. The van der Waals surface area contributed by atoms with Crippen LogP contribution in [0.4, 0.5) is 10.4 Å². The third-order valence-electron chi connectivity index (χ3n) is 1.74. The quantitative estimate of drug-likeness (QED) is 0.749. The minimum absolute atomic E-state index is 0.0260. The van der Waals surface area contributed by atoms with Gasteiger partial charge < -0.3 is 10.3 Å². The highest BCUT2D eigenvalue weighted by Gasteiger charge is 2.07. The van der Waals surface area contributed by atoms with Crippen molar-refractivity contribution >= 4 is 6.01 Å². The molecule has 4 nitrogen and oxygen atoms in total. The summed E-state index contributed by atoms with van der Waals surface area (Å²) in [7, 11) is 0. The van der Waals surface area contributed by atoms with Crippen LogP contribution in [0.2, 0.25) is 0 Å². The van der Waals surface area contributed by atoms with Gasteiger partial charge in [0.05, 0.1) is 0 Å². The highest BCUT2D eigenvalue weighted by molar-refractivity contribution is 5.56. The van der Waals surface area contributed by atoms with Crippen LogP contribution in [-0.2, 0) is 0 Å². The molecule has 72 valence electrons. The zero-order chi connectivity index (χ0) is 10.1. The Kier molecular flexibility index (Phi) is 1.92. The maximum Gasteiger partial charge on any atom is 0.319 e. The molecule has 1 aromatic heterocycles. The van der Waals surface area contributed by atoms with E-state index in [1.165, 1.54) is 12.1 Å². The Labute approximate surface area is 79.5 Å². The van der Waals surface area contributed by atoms with Gasteiger partial charge in [0.2, 0.25) is 5.82 Å². The first kappa shape index (κ1) is 8.68. The lowest BCUT2D eigenvalue weighted by molar-refractivity contribution is 0.437. The molecule has 0 unspecified atom stereocenters. The Bertz CT molecular complexity index is 447. The molecule has 0 radical (unpaired) electrons. The highest BCUT2D eigenvalue weighted by Crippen LogP contribution is 2.19. The second-order valence-corrected chi connectivity index (χ2v) is 2.97. The minimum Gasteiger partial charge on any atom is -0.351 e. The molecule has 0 saturated carbocycles. The van der Waals surface area contributed by atoms with E-state index in [0.29, 0.717) is 11.4 Å². The SMILES string of the molecule is Cc1cc(F)cc(-c2noc(N)n2)c1. The van der Waals surface area contributed by atoms with Crippen LogP contribution < -0.4 is 5.73 Å². The molecular weight excluding hydrogens is 185 g/mol. The van der Waals surface area contributed by atoms with Gasteiger partial charge in [-0.3, -0.25) is 0 Å². The monoisotopic (exact) mass is 193 g/mol. The standard InChI is InChI=1S/C9H8FN3O/c1-5-2-6(4-7(10)3-5)8-12-9(11)14-13-8/h2-4H,1H3,(H2,11,12,13). The second-order valence-electron chi connectivity index (χ2n) is 2.97. The molecule has 14 heavy (non-hydrogen) atoms. The average Bonchev–Trinajstić information content (AvgIpc) is 2.50. The molecule has 0 aliphatic heterocycles. The summed E-state index contributed by atoms with van der Waals surface area (Å²) in [6, 6.07) is 4.49. The Morgan fingerprint density at radius 1 is 1.36 bits per heavy atom. The summed E-state index contributed by atoms with van der Waals surface area (Å²) in [5.74, 6) is -0.0338. The fourth-order valence-corrected chi connectivity index (χ4v) is 1.22. The topological polar surface area (TPSA) is 64.9 Å². The number of aryl methyl sites for hydroxylation is 1. The van der Waals surface area contributed by atoms with Crippen LogP contribution in [0.25, 0.3) is 11.4 Å². The van der Waals surface area contributed by atoms with Gasteiger partial charge in [-0.05, 0) is 30.7 Å². The van der Waals surface area contributed by atoms with E-state index in [-0.39, 0.29) is 11.8 Å². The second kappa shape index (κ2) is 3.10. The molecule has 1 heterocycles. The summed E-state index contributed by atoms with van der Waals surface area (Å²) in [4.78, 5) is 3.80. The maximum absolute atomic E-state index is 13.0. The van der Waals surface area contributed by atoms with E-state index in [1.807, 2.05) is 0 Å². The van der Waals surface area contributed by atoms with Crippen LogP contribution in [0, 0.1) is 12.7 Å². The number of halogens is 1. The third kappa shape index (κ3) is 1.56. The van der Waals surface area contributed by atoms with Gasteiger partial charge in [-0.1, -0.05) is 5.16 Å². The van der Waals surface area contributed by atoms with Gasteiger partial charge in [-0.2, -0.15) is 4.98 Å². The normalized spacial score (nSPS) is 10.4. The summed E-state index contributed by atoms with van der Waals surface area (Å²) in [6.45, 7) is 1.79. The van der Waals surface area contributed by atoms with Crippen LogP contribution in [-0.4, -0.2) is 10.1 Å². The summed E-state index contributed by atoms with van der Waals surface area (Å²) in [5.41, 5.74) is 6.61. The number of benzene rings is 1. The lowest BCUT2D eigenvalue weighted by Crippen LogP contribution is -1.86. The maximum atomic E-state index is 13.0. The molecule has 2 rings (SSSR count). The van der Waals surface area contributed by atoms with Gasteiger partial charge in [-0.25, -0.2) is 4.39 Å². The van der Waals surface area contributed by atoms with Crippen LogP contribution in [0.3, 0.4) is 0 Å². The van der Waals surface area contributed by atoms with E-state index in [9.17, 15) is 4.39 Å².